The molecule has 104 valence electrons. The zero-order valence-corrected chi connectivity index (χ0v) is 14.1. The Balaban J connectivity index is 2.28. The van der Waals surface area contributed by atoms with Crippen LogP contribution in [-0.4, -0.2) is 9.55 Å². The van der Waals surface area contributed by atoms with Gasteiger partial charge in [0.15, 0.2) is 0 Å². The van der Waals surface area contributed by atoms with Gasteiger partial charge in [-0.25, -0.2) is 4.98 Å². The maximum absolute atomic E-state index is 8.91. The summed E-state index contributed by atoms with van der Waals surface area (Å²) in [6, 6.07) is 15.7. The zero-order valence-electron chi connectivity index (χ0n) is 11.2. The van der Waals surface area contributed by atoms with E-state index < -0.39 is 0 Å². The Morgan fingerprint density at radius 3 is 2.57 bits per heavy atom. The maximum Gasteiger partial charge on any atom is 0.132 e. The van der Waals surface area contributed by atoms with E-state index in [1.807, 2.05) is 41.8 Å². The minimum absolute atomic E-state index is 0.203. The van der Waals surface area contributed by atoms with Gasteiger partial charge in [-0.05, 0) is 72.0 Å². The molecule has 0 aliphatic rings. The molecule has 2 aromatic carbocycles. The average molecular weight is 408 g/mol. The highest BCUT2D eigenvalue weighted by atomic mass is 127. The first-order valence-electron chi connectivity index (χ1n) is 6.42. The predicted molar refractivity (Wildman–Crippen MR) is 92.8 cm³/mol. The minimum Gasteiger partial charge on any atom is -0.295 e. The highest BCUT2D eigenvalue weighted by molar-refractivity contribution is 14.1. The molecule has 5 heteroatoms. The third-order valence-electron chi connectivity index (χ3n) is 3.25. The summed E-state index contributed by atoms with van der Waals surface area (Å²) in [5.41, 5.74) is 3.54. The van der Waals surface area contributed by atoms with Crippen LogP contribution in [0, 0.1) is 14.9 Å². The van der Waals surface area contributed by atoms with Crippen LogP contribution in [0.1, 0.15) is 23.7 Å². The molecule has 21 heavy (non-hydrogen) atoms. The van der Waals surface area contributed by atoms with E-state index in [0.29, 0.717) is 5.56 Å². The van der Waals surface area contributed by atoms with Crippen LogP contribution in [-0.2, 0) is 0 Å². The van der Waals surface area contributed by atoms with Crippen LogP contribution in [0.4, 0.5) is 0 Å². The number of halogens is 2. The van der Waals surface area contributed by atoms with Crippen LogP contribution < -0.4 is 0 Å². The first-order chi connectivity index (χ1) is 10.1. The molecule has 1 aromatic heterocycles. The Morgan fingerprint density at radius 1 is 1.24 bits per heavy atom. The Kier molecular flexibility index (Phi) is 3.87. The molecule has 0 aliphatic carbocycles. The SMILES string of the molecule is CC(Cl)c1nc2cc(I)ccc2n1-c1ccc(C#N)cc1. The third kappa shape index (κ3) is 2.63. The van der Waals surface area contributed by atoms with E-state index in [9.17, 15) is 0 Å². The summed E-state index contributed by atoms with van der Waals surface area (Å²) in [5.74, 6) is 0.804. The number of hydrogen-bond donors (Lipinski definition) is 0. The molecule has 0 saturated carbocycles. The van der Waals surface area contributed by atoms with Crippen LogP contribution in [0.15, 0.2) is 42.5 Å². The number of fused-ring (bicyclic) bond motifs is 1. The van der Waals surface area contributed by atoms with Gasteiger partial charge in [0.05, 0.1) is 28.0 Å². The van der Waals surface area contributed by atoms with Gasteiger partial charge >= 0.3 is 0 Å². The maximum atomic E-state index is 8.91. The van der Waals surface area contributed by atoms with Gasteiger partial charge in [-0.3, -0.25) is 4.57 Å². The molecule has 0 fully saturated rings. The summed E-state index contributed by atoms with van der Waals surface area (Å²) in [6.45, 7) is 1.91. The second-order valence-electron chi connectivity index (χ2n) is 4.71. The minimum atomic E-state index is -0.203. The van der Waals surface area contributed by atoms with Gasteiger partial charge < -0.3 is 0 Å². The summed E-state index contributed by atoms with van der Waals surface area (Å²) in [7, 11) is 0. The Labute approximate surface area is 141 Å². The molecule has 3 aromatic rings. The highest BCUT2D eigenvalue weighted by Gasteiger charge is 2.16. The van der Waals surface area contributed by atoms with Crippen molar-refractivity contribution >= 4 is 45.2 Å². The van der Waals surface area contributed by atoms with Crippen molar-refractivity contribution in [2.45, 2.75) is 12.3 Å². The lowest BCUT2D eigenvalue weighted by Gasteiger charge is -2.10. The molecule has 0 N–H and O–H groups in total. The molecular weight excluding hydrogens is 397 g/mol. The summed E-state index contributed by atoms with van der Waals surface area (Å²) >= 11 is 8.56. The quantitative estimate of drug-likeness (QED) is 0.452. The van der Waals surface area contributed by atoms with E-state index >= 15 is 0 Å². The lowest BCUT2D eigenvalue weighted by molar-refractivity contribution is 0.882. The smallest absolute Gasteiger partial charge is 0.132 e. The van der Waals surface area contributed by atoms with Gasteiger partial charge in [0.2, 0.25) is 0 Å². The van der Waals surface area contributed by atoms with Gasteiger partial charge in [-0.2, -0.15) is 5.26 Å². The number of nitrogens with zero attached hydrogens (tertiary/aromatic N) is 3. The van der Waals surface area contributed by atoms with Crippen molar-refractivity contribution < 1.29 is 0 Å². The Hall–Kier alpha value is -1.58. The van der Waals surface area contributed by atoms with Gasteiger partial charge in [-0.1, -0.05) is 0 Å². The number of alkyl halides is 1. The number of nitriles is 1. The van der Waals surface area contributed by atoms with Crippen LogP contribution in [0.2, 0.25) is 0 Å². The summed E-state index contributed by atoms with van der Waals surface area (Å²) < 4.78 is 3.18. The standard InChI is InChI=1S/C16H11ClIN3/c1-10(17)16-20-14-8-12(18)4-7-15(14)21(16)13-5-2-11(9-19)3-6-13/h2-8,10H,1H3. The molecule has 1 unspecified atom stereocenters. The van der Waals surface area contributed by atoms with E-state index in [2.05, 4.69) is 33.6 Å². The van der Waals surface area contributed by atoms with Crippen molar-refractivity contribution in [2.24, 2.45) is 0 Å². The van der Waals surface area contributed by atoms with E-state index in [1.165, 1.54) is 0 Å². The fourth-order valence-corrected chi connectivity index (χ4v) is 2.92. The van der Waals surface area contributed by atoms with Crippen molar-refractivity contribution in [3.8, 4) is 11.8 Å². The molecule has 0 spiro atoms. The van der Waals surface area contributed by atoms with E-state index in [4.69, 9.17) is 16.9 Å². The van der Waals surface area contributed by atoms with Crippen molar-refractivity contribution in [3.05, 3.63) is 57.4 Å². The number of benzene rings is 2. The normalized spacial score (nSPS) is 12.3. The fourth-order valence-electron chi connectivity index (χ4n) is 2.30. The largest absolute Gasteiger partial charge is 0.295 e. The number of aromatic nitrogens is 2. The van der Waals surface area contributed by atoms with E-state index in [-0.39, 0.29) is 5.38 Å². The molecule has 3 nitrogen and oxygen atoms in total. The first-order valence-corrected chi connectivity index (χ1v) is 7.94. The van der Waals surface area contributed by atoms with Gasteiger partial charge in [0.1, 0.15) is 5.82 Å². The molecule has 0 aliphatic heterocycles. The average Bonchev–Trinajstić information content (AvgIpc) is 2.86. The lowest BCUT2D eigenvalue weighted by atomic mass is 10.2. The Morgan fingerprint density at radius 2 is 1.95 bits per heavy atom. The first kappa shape index (κ1) is 14.4. The summed E-state index contributed by atoms with van der Waals surface area (Å²) in [5, 5.41) is 8.71. The molecule has 0 saturated heterocycles. The fraction of sp³-hybridized carbons (Fsp3) is 0.125. The Bertz CT molecular complexity index is 844. The topological polar surface area (TPSA) is 41.6 Å². The van der Waals surface area contributed by atoms with Gasteiger partial charge in [0, 0.05) is 9.26 Å². The molecule has 0 radical (unpaired) electrons. The molecular formula is C16H11ClIN3. The van der Waals surface area contributed by atoms with Crippen LogP contribution in [0.25, 0.3) is 16.7 Å². The molecule has 3 rings (SSSR count). The van der Waals surface area contributed by atoms with E-state index in [1.54, 1.807) is 12.1 Å². The second kappa shape index (κ2) is 5.66. The zero-order chi connectivity index (χ0) is 15.0. The molecule has 0 amide bonds. The highest BCUT2D eigenvalue weighted by Crippen LogP contribution is 2.29. The summed E-state index contributed by atoms with van der Waals surface area (Å²) in [6.07, 6.45) is 0. The molecule has 1 atom stereocenters. The number of imidazole rings is 1. The van der Waals surface area contributed by atoms with Gasteiger partial charge in [0.25, 0.3) is 0 Å². The van der Waals surface area contributed by atoms with Crippen molar-refractivity contribution in [1.29, 1.82) is 5.26 Å². The van der Waals surface area contributed by atoms with Crippen LogP contribution in [0.3, 0.4) is 0 Å². The lowest BCUT2D eigenvalue weighted by Crippen LogP contribution is -2.01. The van der Waals surface area contributed by atoms with Crippen molar-refractivity contribution in [1.82, 2.24) is 9.55 Å². The van der Waals surface area contributed by atoms with Crippen molar-refractivity contribution in [3.63, 3.8) is 0 Å². The van der Waals surface area contributed by atoms with Crippen LogP contribution in [0.5, 0.6) is 0 Å². The monoisotopic (exact) mass is 407 g/mol. The predicted octanol–water partition coefficient (Wildman–Crippen LogP) is 4.80. The molecule has 1 heterocycles. The second-order valence-corrected chi connectivity index (χ2v) is 6.61. The number of hydrogen-bond acceptors (Lipinski definition) is 2. The number of rotatable bonds is 2. The summed E-state index contributed by atoms with van der Waals surface area (Å²) in [4.78, 5) is 4.65. The van der Waals surface area contributed by atoms with E-state index in [0.717, 1.165) is 26.1 Å². The third-order valence-corrected chi connectivity index (χ3v) is 4.12. The van der Waals surface area contributed by atoms with Gasteiger partial charge in [-0.15, -0.1) is 11.6 Å². The van der Waals surface area contributed by atoms with Crippen molar-refractivity contribution in [2.75, 3.05) is 0 Å². The van der Waals surface area contributed by atoms with Crippen LogP contribution >= 0.6 is 34.2 Å². The molecule has 0 bridgehead atoms.